The van der Waals surface area contributed by atoms with Gasteiger partial charge in [0.2, 0.25) is 0 Å². The van der Waals surface area contributed by atoms with Gasteiger partial charge in [-0.15, -0.1) is 0 Å². The fourth-order valence-corrected chi connectivity index (χ4v) is 3.37. The molecular weight excluding hydrogens is 300 g/mol. The van der Waals surface area contributed by atoms with Gasteiger partial charge in [0.1, 0.15) is 5.75 Å². The Hall–Kier alpha value is -1.85. The van der Waals surface area contributed by atoms with Crippen LogP contribution in [-0.4, -0.2) is 59.4 Å². The number of nitrogens with zero attached hydrogens (tertiary/aromatic N) is 4. The van der Waals surface area contributed by atoms with E-state index >= 15 is 0 Å². The Balaban J connectivity index is 1.49. The van der Waals surface area contributed by atoms with Crippen molar-refractivity contribution in [1.82, 2.24) is 19.6 Å². The molecule has 1 atom stereocenters. The minimum Gasteiger partial charge on any atom is -0.497 e. The molecular formula is C19H28N4O. The average Bonchev–Trinajstić information content (AvgIpc) is 3.05. The molecule has 1 aromatic carbocycles. The van der Waals surface area contributed by atoms with Gasteiger partial charge in [-0.05, 0) is 36.6 Å². The van der Waals surface area contributed by atoms with E-state index in [2.05, 4.69) is 46.2 Å². The second-order valence-electron chi connectivity index (χ2n) is 6.60. The van der Waals surface area contributed by atoms with E-state index in [4.69, 9.17) is 4.74 Å². The minimum atomic E-state index is 0.431. The predicted molar refractivity (Wildman–Crippen MR) is 96.3 cm³/mol. The van der Waals surface area contributed by atoms with Gasteiger partial charge in [-0.1, -0.05) is 12.1 Å². The molecule has 3 rings (SSSR count). The molecule has 1 saturated heterocycles. The lowest BCUT2D eigenvalue weighted by atomic mass is 10.1. The van der Waals surface area contributed by atoms with E-state index < -0.39 is 0 Å². The van der Waals surface area contributed by atoms with Crippen molar-refractivity contribution in [2.24, 2.45) is 7.05 Å². The molecule has 1 aromatic heterocycles. The number of hydrogen-bond donors (Lipinski definition) is 0. The topological polar surface area (TPSA) is 33.5 Å². The van der Waals surface area contributed by atoms with Gasteiger partial charge in [0.25, 0.3) is 0 Å². The molecule has 1 aliphatic heterocycles. The molecule has 2 aromatic rings. The first-order chi connectivity index (χ1) is 11.7. The fourth-order valence-electron chi connectivity index (χ4n) is 3.37. The molecule has 2 heterocycles. The Morgan fingerprint density at radius 3 is 2.67 bits per heavy atom. The van der Waals surface area contributed by atoms with Gasteiger partial charge in [-0.3, -0.25) is 9.58 Å². The molecule has 1 fully saturated rings. The van der Waals surface area contributed by atoms with Crippen molar-refractivity contribution in [2.45, 2.75) is 19.4 Å². The van der Waals surface area contributed by atoms with E-state index in [1.807, 2.05) is 24.0 Å². The van der Waals surface area contributed by atoms with E-state index in [9.17, 15) is 0 Å². The van der Waals surface area contributed by atoms with Gasteiger partial charge in [-0.25, -0.2) is 0 Å². The van der Waals surface area contributed by atoms with Crippen LogP contribution in [0.5, 0.6) is 5.75 Å². The van der Waals surface area contributed by atoms with Crippen molar-refractivity contribution in [3.8, 4) is 5.75 Å². The van der Waals surface area contributed by atoms with Crippen molar-refractivity contribution in [3.05, 3.63) is 47.8 Å². The molecule has 0 bridgehead atoms. The molecule has 0 amide bonds. The lowest BCUT2D eigenvalue weighted by molar-refractivity contribution is 0.103. The Labute approximate surface area is 144 Å². The SMILES string of the molecule is COc1cccc([C@H](C)N2CCN(CCc3cnn(C)c3)CC2)c1. The van der Waals surface area contributed by atoms with Crippen molar-refractivity contribution < 1.29 is 4.74 Å². The number of hydrogen-bond acceptors (Lipinski definition) is 4. The van der Waals surface area contributed by atoms with Crippen LogP contribution in [0.3, 0.4) is 0 Å². The maximum absolute atomic E-state index is 5.35. The van der Waals surface area contributed by atoms with Crippen LogP contribution in [0.2, 0.25) is 0 Å². The second kappa shape index (κ2) is 7.81. The number of methoxy groups -OCH3 is 1. The Morgan fingerprint density at radius 1 is 1.21 bits per heavy atom. The maximum atomic E-state index is 5.35. The van der Waals surface area contributed by atoms with E-state index in [1.54, 1.807) is 7.11 Å². The lowest BCUT2D eigenvalue weighted by Crippen LogP contribution is -2.47. The Bertz CT molecular complexity index is 646. The van der Waals surface area contributed by atoms with Crippen LogP contribution in [0.1, 0.15) is 24.1 Å². The molecule has 0 spiro atoms. The van der Waals surface area contributed by atoms with Crippen molar-refractivity contribution in [2.75, 3.05) is 39.8 Å². The van der Waals surface area contributed by atoms with Crippen molar-refractivity contribution in [3.63, 3.8) is 0 Å². The number of benzene rings is 1. The van der Waals surface area contributed by atoms with E-state index in [0.717, 1.165) is 44.9 Å². The molecule has 0 aliphatic carbocycles. The molecule has 0 radical (unpaired) electrons. The van der Waals surface area contributed by atoms with Crippen LogP contribution in [0.4, 0.5) is 0 Å². The van der Waals surface area contributed by atoms with Crippen LogP contribution in [-0.2, 0) is 13.5 Å². The van der Waals surface area contributed by atoms with Crippen LogP contribution in [0.25, 0.3) is 0 Å². The standard InChI is InChI=1S/C19H28N4O/c1-16(18-5-4-6-19(13-18)24-3)23-11-9-22(10-12-23)8-7-17-14-20-21(2)15-17/h4-6,13-16H,7-12H2,1-3H3/t16-/m0/s1. The molecule has 0 saturated carbocycles. The number of rotatable bonds is 6. The zero-order valence-corrected chi connectivity index (χ0v) is 15.0. The zero-order valence-electron chi connectivity index (χ0n) is 15.0. The highest BCUT2D eigenvalue weighted by molar-refractivity contribution is 5.30. The summed E-state index contributed by atoms with van der Waals surface area (Å²) in [6.07, 6.45) is 5.17. The zero-order chi connectivity index (χ0) is 16.9. The van der Waals surface area contributed by atoms with Crippen molar-refractivity contribution >= 4 is 0 Å². The smallest absolute Gasteiger partial charge is 0.119 e. The van der Waals surface area contributed by atoms with Gasteiger partial charge < -0.3 is 9.64 Å². The molecule has 0 unspecified atom stereocenters. The van der Waals surface area contributed by atoms with Gasteiger partial charge in [0.15, 0.2) is 0 Å². The lowest BCUT2D eigenvalue weighted by Gasteiger charge is -2.38. The molecule has 130 valence electrons. The third-order valence-electron chi connectivity index (χ3n) is 5.01. The number of aryl methyl sites for hydroxylation is 1. The summed E-state index contributed by atoms with van der Waals surface area (Å²) in [7, 11) is 3.70. The fraction of sp³-hybridized carbons (Fsp3) is 0.526. The van der Waals surface area contributed by atoms with Crippen LogP contribution in [0, 0.1) is 0 Å². The summed E-state index contributed by atoms with van der Waals surface area (Å²) >= 11 is 0. The number of aromatic nitrogens is 2. The first kappa shape index (κ1) is 17.0. The highest BCUT2D eigenvalue weighted by atomic mass is 16.5. The molecule has 0 N–H and O–H groups in total. The first-order valence-electron chi connectivity index (χ1n) is 8.73. The van der Waals surface area contributed by atoms with Crippen LogP contribution in [0.15, 0.2) is 36.7 Å². The van der Waals surface area contributed by atoms with E-state index in [-0.39, 0.29) is 0 Å². The summed E-state index contributed by atoms with van der Waals surface area (Å²) in [5.41, 5.74) is 2.66. The summed E-state index contributed by atoms with van der Waals surface area (Å²) in [5.74, 6) is 0.939. The molecule has 1 aliphatic rings. The van der Waals surface area contributed by atoms with E-state index in [1.165, 1.54) is 11.1 Å². The van der Waals surface area contributed by atoms with Crippen molar-refractivity contribution in [1.29, 1.82) is 0 Å². The molecule has 5 heteroatoms. The molecule has 5 nitrogen and oxygen atoms in total. The Morgan fingerprint density at radius 2 is 2.00 bits per heavy atom. The second-order valence-corrected chi connectivity index (χ2v) is 6.60. The third kappa shape index (κ3) is 4.16. The van der Waals surface area contributed by atoms with Crippen LogP contribution >= 0.6 is 0 Å². The van der Waals surface area contributed by atoms with Gasteiger partial charge in [0.05, 0.1) is 13.3 Å². The summed E-state index contributed by atoms with van der Waals surface area (Å²) in [6, 6.07) is 8.86. The normalized spacial score (nSPS) is 17.8. The summed E-state index contributed by atoms with van der Waals surface area (Å²) < 4.78 is 7.23. The number of ether oxygens (including phenoxy) is 1. The summed E-state index contributed by atoms with van der Waals surface area (Å²) in [6.45, 7) is 7.91. The van der Waals surface area contributed by atoms with Gasteiger partial charge in [-0.2, -0.15) is 5.10 Å². The third-order valence-corrected chi connectivity index (χ3v) is 5.01. The largest absolute Gasteiger partial charge is 0.497 e. The van der Waals surface area contributed by atoms with Gasteiger partial charge >= 0.3 is 0 Å². The predicted octanol–water partition coefficient (Wildman–Crippen LogP) is 2.35. The quantitative estimate of drug-likeness (QED) is 0.815. The van der Waals surface area contributed by atoms with E-state index in [0.29, 0.717) is 6.04 Å². The number of piperazine rings is 1. The maximum Gasteiger partial charge on any atom is 0.119 e. The molecule has 24 heavy (non-hydrogen) atoms. The van der Waals surface area contributed by atoms with Gasteiger partial charge in [0, 0.05) is 52.0 Å². The summed E-state index contributed by atoms with van der Waals surface area (Å²) in [4.78, 5) is 5.12. The monoisotopic (exact) mass is 328 g/mol. The highest BCUT2D eigenvalue weighted by Gasteiger charge is 2.22. The average molecular weight is 328 g/mol. The first-order valence-corrected chi connectivity index (χ1v) is 8.73. The Kier molecular flexibility index (Phi) is 5.53. The summed E-state index contributed by atoms with van der Waals surface area (Å²) in [5, 5.41) is 4.24. The highest BCUT2D eigenvalue weighted by Crippen LogP contribution is 2.24. The van der Waals surface area contributed by atoms with Crippen LogP contribution < -0.4 is 4.74 Å². The minimum absolute atomic E-state index is 0.431.